The molecule has 0 amide bonds. The van der Waals surface area contributed by atoms with Crippen LogP contribution in [0.2, 0.25) is 0 Å². The van der Waals surface area contributed by atoms with E-state index in [1.807, 2.05) is 0 Å². The number of aliphatic hydroxyl groups is 3. The Bertz CT molecular complexity index is 858. The van der Waals surface area contributed by atoms with Crippen molar-refractivity contribution in [2.24, 2.45) is 50.7 Å². The summed E-state index contributed by atoms with van der Waals surface area (Å²) < 4.78 is 0. The molecule has 0 aromatic carbocycles. The molecular weight excluding hydrogens is 424 g/mol. The number of ketones is 1. The van der Waals surface area contributed by atoms with E-state index in [1.54, 1.807) is 13.8 Å². The number of hydrogen-bond donors (Lipinski definition) is 3. The topological polar surface area (TPSA) is 77.8 Å². The summed E-state index contributed by atoms with van der Waals surface area (Å²) in [5.41, 5.74) is -0.295. The van der Waals surface area contributed by atoms with Gasteiger partial charge >= 0.3 is 0 Å². The maximum Gasteiger partial charge on any atom is 0.138 e. The van der Waals surface area contributed by atoms with Gasteiger partial charge in [-0.15, -0.1) is 0 Å². The molecule has 194 valence electrons. The molecule has 10 atom stereocenters. The number of aliphatic hydroxyl groups excluding tert-OH is 2. The second-order valence-electron chi connectivity index (χ2n) is 15.2. The van der Waals surface area contributed by atoms with Crippen molar-refractivity contribution in [3.8, 4) is 0 Å². The molecule has 5 saturated carbocycles. The monoisotopic (exact) mass is 474 g/mol. The molecule has 4 nitrogen and oxygen atoms in total. The molecule has 5 aliphatic rings. The number of Topliss-reactive ketones (excluding diaryl/α,β-unsaturated/α-hetero) is 1. The average Bonchev–Trinajstić information content (AvgIpc) is 3.34. The number of carbonyl (C=O) groups is 1. The Morgan fingerprint density at radius 2 is 1.59 bits per heavy atom. The summed E-state index contributed by atoms with van der Waals surface area (Å²) in [5.74, 6) is 2.21. The van der Waals surface area contributed by atoms with E-state index in [-0.39, 0.29) is 28.3 Å². The molecule has 0 saturated heterocycles. The maximum atomic E-state index is 12.9. The molecular formula is C30H50O4. The van der Waals surface area contributed by atoms with Crippen LogP contribution in [0.15, 0.2) is 0 Å². The molecule has 5 unspecified atom stereocenters. The molecule has 34 heavy (non-hydrogen) atoms. The summed E-state index contributed by atoms with van der Waals surface area (Å²) in [6.45, 7) is 15.0. The van der Waals surface area contributed by atoms with Crippen molar-refractivity contribution in [2.45, 2.75) is 130 Å². The van der Waals surface area contributed by atoms with Gasteiger partial charge in [0.2, 0.25) is 0 Å². The van der Waals surface area contributed by atoms with Gasteiger partial charge in [0.25, 0.3) is 0 Å². The van der Waals surface area contributed by atoms with Crippen LogP contribution in [0.5, 0.6) is 0 Å². The predicted molar refractivity (Wildman–Crippen MR) is 134 cm³/mol. The summed E-state index contributed by atoms with van der Waals surface area (Å²) in [6.07, 6.45) is 9.24. The molecule has 3 N–H and O–H groups in total. The molecule has 2 spiro atoms. The van der Waals surface area contributed by atoms with Crippen LogP contribution in [0.4, 0.5) is 0 Å². The zero-order valence-electron chi connectivity index (χ0n) is 22.8. The normalized spacial score (nSPS) is 51.1. The third kappa shape index (κ3) is 2.97. The van der Waals surface area contributed by atoms with E-state index in [4.69, 9.17) is 0 Å². The van der Waals surface area contributed by atoms with Crippen LogP contribution in [0.3, 0.4) is 0 Å². The molecule has 0 aromatic heterocycles. The zero-order chi connectivity index (χ0) is 25.1. The minimum atomic E-state index is -1.09. The van der Waals surface area contributed by atoms with E-state index < -0.39 is 11.7 Å². The lowest BCUT2D eigenvalue weighted by molar-refractivity contribution is -0.157. The third-order valence-corrected chi connectivity index (χ3v) is 13.2. The molecule has 5 fully saturated rings. The van der Waals surface area contributed by atoms with Crippen molar-refractivity contribution in [3.05, 3.63) is 0 Å². The first kappa shape index (κ1) is 25.2. The van der Waals surface area contributed by atoms with Crippen LogP contribution in [0.1, 0.15) is 113 Å². The van der Waals surface area contributed by atoms with Crippen LogP contribution in [-0.4, -0.2) is 38.9 Å². The Morgan fingerprint density at radius 1 is 0.971 bits per heavy atom. The van der Waals surface area contributed by atoms with E-state index >= 15 is 0 Å². The van der Waals surface area contributed by atoms with Crippen LogP contribution in [0.25, 0.3) is 0 Å². The first-order valence-electron chi connectivity index (χ1n) is 14.2. The highest BCUT2D eigenvalue weighted by Gasteiger charge is 2.82. The molecule has 5 rings (SSSR count). The standard InChI is InChI=1S/C30H50O4/c1-18(8-11-23(33)26(4,5)34)24-19(31)16-28(7)21-10-9-20-25(2,3)22(32)12-13-29(20)17-30(21,29)15-14-27(24,28)6/h18-21,23-24,31,33-34H,8-17H2,1-7H3/t18-,19?,20+,21?,23?,24?,27-,28+,29-,30?/m1/s1. The van der Waals surface area contributed by atoms with E-state index in [0.717, 1.165) is 25.7 Å². The molecule has 0 aromatic rings. The number of fused-ring (bicyclic) bond motifs is 2. The Kier molecular flexibility index (Phi) is 5.42. The first-order chi connectivity index (χ1) is 15.6. The highest BCUT2D eigenvalue weighted by Crippen LogP contribution is 2.88. The smallest absolute Gasteiger partial charge is 0.138 e. The Balaban J connectivity index is 1.41. The van der Waals surface area contributed by atoms with Gasteiger partial charge in [-0.25, -0.2) is 0 Å². The molecule has 0 heterocycles. The second-order valence-corrected chi connectivity index (χ2v) is 15.2. The summed E-state index contributed by atoms with van der Waals surface area (Å²) >= 11 is 0. The summed E-state index contributed by atoms with van der Waals surface area (Å²) in [7, 11) is 0. The summed E-state index contributed by atoms with van der Waals surface area (Å²) in [5, 5.41) is 32.1. The van der Waals surface area contributed by atoms with Crippen molar-refractivity contribution in [1.82, 2.24) is 0 Å². The van der Waals surface area contributed by atoms with Gasteiger partial charge < -0.3 is 15.3 Å². The van der Waals surface area contributed by atoms with Crippen molar-refractivity contribution >= 4 is 5.78 Å². The third-order valence-electron chi connectivity index (χ3n) is 13.2. The molecule has 5 aliphatic carbocycles. The Labute approximate surface area is 207 Å². The average molecular weight is 475 g/mol. The SMILES string of the molecule is C[C@H](CCC(O)C(C)(C)O)C1C(O)C[C@@]2(C)C3CC[C@H]4C(C)(C)C(=O)CC[C@@]45CC35CC[C@]12C. The van der Waals surface area contributed by atoms with Crippen molar-refractivity contribution in [1.29, 1.82) is 0 Å². The van der Waals surface area contributed by atoms with Gasteiger partial charge in [0.15, 0.2) is 0 Å². The van der Waals surface area contributed by atoms with Crippen molar-refractivity contribution < 1.29 is 20.1 Å². The van der Waals surface area contributed by atoms with Gasteiger partial charge in [-0.2, -0.15) is 0 Å². The highest BCUT2D eigenvalue weighted by molar-refractivity contribution is 5.86. The lowest BCUT2D eigenvalue weighted by Crippen LogP contribution is -2.57. The van der Waals surface area contributed by atoms with Gasteiger partial charge in [0, 0.05) is 11.8 Å². The quantitative estimate of drug-likeness (QED) is 0.491. The van der Waals surface area contributed by atoms with Gasteiger partial charge in [-0.05, 0) is 117 Å². The fraction of sp³-hybridized carbons (Fsp3) is 0.967. The fourth-order valence-corrected chi connectivity index (χ4v) is 11.2. The maximum absolute atomic E-state index is 12.9. The fourth-order valence-electron chi connectivity index (χ4n) is 11.2. The Morgan fingerprint density at radius 3 is 2.24 bits per heavy atom. The van der Waals surface area contributed by atoms with Crippen molar-refractivity contribution in [2.75, 3.05) is 0 Å². The largest absolute Gasteiger partial charge is 0.393 e. The Hall–Kier alpha value is -0.450. The van der Waals surface area contributed by atoms with E-state index in [1.165, 1.54) is 32.1 Å². The van der Waals surface area contributed by atoms with E-state index in [0.29, 0.717) is 40.8 Å². The number of rotatable bonds is 5. The lowest BCUT2D eigenvalue weighted by atomic mass is 9.42. The summed E-state index contributed by atoms with van der Waals surface area (Å²) in [6, 6.07) is 0. The molecule has 0 bridgehead atoms. The minimum absolute atomic E-state index is 0.0953. The summed E-state index contributed by atoms with van der Waals surface area (Å²) in [4.78, 5) is 12.9. The zero-order valence-corrected chi connectivity index (χ0v) is 22.8. The second kappa shape index (κ2) is 7.32. The van der Waals surface area contributed by atoms with Gasteiger partial charge in [0.05, 0.1) is 17.8 Å². The predicted octanol–water partition coefficient (Wildman–Crippen LogP) is 5.51. The van der Waals surface area contributed by atoms with E-state index in [9.17, 15) is 20.1 Å². The molecule has 0 radical (unpaired) electrons. The van der Waals surface area contributed by atoms with Crippen LogP contribution >= 0.6 is 0 Å². The molecule has 4 heteroatoms. The number of hydrogen-bond acceptors (Lipinski definition) is 4. The lowest BCUT2D eigenvalue weighted by Gasteiger charge is -2.62. The van der Waals surface area contributed by atoms with E-state index in [2.05, 4.69) is 34.6 Å². The van der Waals surface area contributed by atoms with Gasteiger partial charge in [-0.3, -0.25) is 4.79 Å². The van der Waals surface area contributed by atoms with Crippen LogP contribution < -0.4 is 0 Å². The van der Waals surface area contributed by atoms with Crippen LogP contribution in [-0.2, 0) is 4.79 Å². The first-order valence-corrected chi connectivity index (χ1v) is 14.2. The van der Waals surface area contributed by atoms with Gasteiger partial charge in [-0.1, -0.05) is 34.6 Å². The minimum Gasteiger partial charge on any atom is -0.393 e. The van der Waals surface area contributed by atoms with Gasteiger partial charge in [0.1, 0.15) is 5.78 Å². The van der Waals surface area contributed by atoms with Crippen molar-refractivity contribution in [3.63, 3.8) is 0 Å². The molecule has 0 aliphatic heterocycles. The number of carbonyl (C=O) groups excluding carboxylic acids is 1. The van der Waals surface area contributed by atoms with Crippen LogP contribution in [0, 0.1) is 50.7 Å². The highest BCUT2D eigenvalue weighted by atomic mass is 16.3.